The quantitative estimate of drug-likeness (QED) is 0.602. The zero-order valence-corrected chi connectivity index (χ0v) is 7.45. The molecule has 1 aliphatic rings. The molecule has 1 fully saturated rings. The molecule has 11 heavy (non-hydrogen) atoms. The van der Waals surface area contributed by atoms with Crippen molar-refractivity contribution in [1.82, 2.24) is 4.90 Å². The Kier molecular flexibility index (Phi) is 2.87. The molecule has 1 aliphatic heterocycles. The Bertz CT molecular complexity index is 117. The molecule has 1 rings (SSSR count). The fourth-order valence-electron chi connectivity index (χ4n) is 1.51. The lowest BCUT2D eigenvalue weighted by molar-refractivity contribution is -0.172. The van der Waals surface area contributed by atoms with E-state index in [4.69, 9.17) is 4.74 Å². The summed E-state index contributed by atoms with van der Waals surface area (Å²) in [6.45, 7) is 2.00. The summed E-state index contributed by atoms with van der Waals surface area (Å²) in [5.41, 5.74) is 0. The summed E-state index contributed by atoms with van der Waals surface area (Å²) >= 11 is 0. The number of hydrogen-bond acceptors (Lipinski definition) is 3. The van der Waals surface area contributed by atoms with Gasteiger partial charge in [0.1, 0.15) is 0 Å². The normalized spacial score (nSPS) is 39.5. The third-order valence-corrected chi connectivity index (χ3v) is 2.20. The summed E-state index contributed by atoms with van der Waals surface area (Å²) in [7, 11) is 4.07. The summed E-state index contributed by atoms with van der Waals surface area (Å²) in [6, 6.07) is 0.466. The fourth-order valence-corrected chi connectivity index (χ4v) is 1.51. The van der Waals surface area contributed by atoms with Crippen LogP contribution < -0.4 is 0 Å². The summed E-state index contributed by atoms with van der Waals surface area (Å²) in [6.07, 6.45) is 1.37. The van der Waals surface area contributed by atoms with Crippen LogP contribution in [0.25, 0.3) is 0 Å². The number of hydrogen-bond donors (Lipinski definition) is 1. The summed E-state index contributed by atoms with van der Waals surface area (Å²) in [5, 5.41) is 9.25. The highest BCUT2D eigenvalue weighted by Crippen LogP contribution is 2.20. The molecule has 1 N–H and O–H groups in total. The van der Waals surface area contributed by atoms with E-state index in [0.29, 0.717) is 6.04 Å². The SMILES string of the molecule is C[C@@H]1C[C@H](N(C)C)C[C@@H](O)O1. The lowest BCUT2D eigenvalue weighted by Crippen LogP contribution is -2.41. The average Bonchev–Trinajstić information content (AvgIpc) is 1.85. The number of rotatable bonds is 1. The lowest BCUT2D eigenvalue weighted by atomic mass is 10.0. The van der Waals surface area contributed by atoms with Crippen LogP contribution in [0.4, 0.5) is 0 Å². The van der Waals surface area contributed by atoms with Gasteiger partial charge in [0.05, 0.1) is 6.10 Å². The van der Waals surface area contributed by atoms with E-state index in [0.717, 1.165) is 12.8 Å². The second-order valence-corrected chi connectivity index (χ2v) is 3.49. The van der Waals surface area contributed by atoms with Crippen molar-refractivity contribution in [3.63, 3.8) is 0 Å². The molecule has 1 saturated heterocycles. The third kappa shape index (κ3) is 2.43. The molecule has 0 bridgehead atoms. The van der Waals surface area contributed by atoms with Gasteiger partial charge in [-0.25, -0.2) is 0 Å². The van der Waals surface area contributed by atoms with Crippen LogP contribution in [0.15, 0.2) is 0 Å². The van der Waals surface area contributed by atoms with Crippen LogP contribution in [0.3, 0.4) is 0 Å². The molecule has 0 spiro atoms. The molecule has 1 heterocycles. The first-order valence-corrected chi connectivity index (χ1v) is 4.09. The molecule has 0 radical (unpaired) electrons. The highest BCUT2D eigenvalue weighted by atomic mass is 16.6. The minimum Gasteiger partial charge on any atom is -0.368 e. The number of aliphatic hydroxyl groups is 1. The largest absolute Gasteiger partial charge is 0.368 e. The maximum Gasteiger partial charge on any atom is 0.156 e. The van der Waals surface area contributed by atoms with Crippen molar-refractivity contribution >= 4 is 0 Å². The molecular weight excluding hydrogens is 142 g/mol. The van der Waals surface area contributed by atoms with E-state index in [9.17, 15) is 5.11 Å². The second-order valence-electron chi connectivity index (χ2n) is 3.49. The van der Waals surface area contributed by atoms with Gasteiger partial charge < -0.3 is 14.7 Å². The van der Waals surface area contributed by atoms with Crippen LogP contribution in [0.2, 0.25) is 0 Å². The predicted molar refractivity (Wildman–Crippen MR) is 43.3 cm³/mol. The maximum atomic E-state index is 9.25. The molecule has 0 aromatic carbocycles. The summed E-state index contributed by atoms with van der Waals surface area (Å²) < 4.78 is 5.20. The van der Waals surface area contributed by atoms with E-state index in [1.54, 1.807) is 0 Å². The molecule has 66 valence electrons. The van der Waals surface area contributed by atoms with Gasteiger partial charge in [0.25, 0.3) is 0 Å². The average molecular weight is 159 g/mol. The molecule has 3 atom stereocenters. The Labute approximate surface area is 68.0 Å². The van der Waals surface area contributed by atoms with Crippen molar-refractivity contribution in [1.29, 1.82) is 0 Å². The molecule has 0 amide bonds. The lowest BCUT2D eigenvalue weighted by Gasteiger charge is -2.34. The molecule has 3 heteroatoms. The number of aliphatic hydroxyl groups excluding tert-OH is 1. The van der Waals surface area contributed by atoms with Crippen LogP contribution in [0.5, 0.6) is 0 Å². The Morgan fingerprint density at radius 3 is 2.45 bits per heavy atom. The van der Waals surface area contributed by atoms with Gasteiger partial charge in [-0.2, -0.15) is 0 Å². The monoisotopic (exact) mass is 159 g/mol. The van der Waals surface area contributed by atoms with E-state index in [-0.39, 0.29) is 6.10 Å². The molecule has 0 aliphatic carbocycles. The molecular formula is C8H17NO2. The van der Waals surface area contributed by atoms with Crippen molar-refractivity contribution in [2.75, 3.05) is 14.1 Å². The first-order valence-electron chi connectivity index (χ1n) is 4.09. The van der Waals surface area contributed by atoms with Crippen molar-refractivity contribution in [3.05, 3.63) is 0 Å². The Balaban J connectivity index is 2.43. The van der Waals surface area contributed by atoms with Gasteiger partial charge in [0, 0.05) is 12.5 Å². The minimum absolute atomic E-state index is 0.186. The Morgan fingerprint density at radius 1 is 1.36 bits per heavy atom. The zero-order valence-electron chi connectivity index (χ0n) is 7.45. The summed E-state index contributed by atoms with van der Waals surface area (Å²) in [5.74, 6) is 0. The zero-order chi connectivity index (χ0) is 8.43. The third-order valence-electron chi connectivity index (χ3n) is 2.20. The molecule has 0 unspecified atom stereocenters. The molecule has 0 saturated carbocycles. The fraction of sp³-hybridized carbons (Fsp3) is 1.00. The Morgan fingerprint density at radius 2 is 2.00 bits per heavy atom. The van der Waals surface area contributed by atoms with Crippen LogP contribution in [0.1, 0.15) is 19.8 Å². The van der Waals surface area contributed by atoms with Gasteiger partial charge in [-0.3, -0.25) is 0 Å². The van der Waals surface area contributed by atoms with Crippen LogP contribution >= 0.6 is 0 Å². The van der Waals surface area contributed by atoms with Crippen molar-refractivity contribution in [2.45, 2.75) is 38.2 Å². The van der Waals surface area contributed by atoms with Gasteiger partial charge in [-0.15, -0.1) is 0 Å². The van der Waals surface area contributed by atoms with Crippen molar-refractivity contribution in [3.8, 4) is 0 Å². The summed E-state index contributed by atoms with van der Waals surface area (Å²) in [4.78, 5) is 2.14. The number of ether oxygens (including phenoxy) is 1. The molecule has 0 aromatic rings. The highest BCUT2D eigenvalue weighted by molar-refractivity contribution is 4.75. The first kappa shape index (κ1) is 8.97. The van der Waals surface area contributed by atoms with E-state index in [1.807, 2.05) is 21.0 Å². The minimum atomic E-state index is -0.564. The van der Waals surface area contributed by atoms with E-state index >= 15 is 0 Å². The van der Waals surface area contributed by atoms with Gasteiger partial charge in [-0.05, 0) is 27.4 Å². The molecule has 3 nitrogen and oxygen atoms in total. The van der Waals surface area contributed by atoms with Gasteiger partial charge in [0.15, 0.2) is 6.29 Å². The van der Waals surface area contributed by atoms with E-state index in [1.165, 1.54) is 0 Å². The van der Waals surface area contributed by atoms with Crippen LogP contribution in [-0.4, -0.2) is 42.5 Å². The van der Waals surface area contributed by atoms with Crippen LogP contribution in [0, 0.1) is 0 Å². The Hall–Kier alpha value is -0.120. The molecule has 0 aromatic heterocycles. The smallest absolute Gasteiger partial charge is 0.156 e. The predicted octanol–water partition coefficient (Wildman–Crippen LogP) is 0.434. The van der Waals surface area contributed by atoms with E-state index in [2.05, 4.69) is 4.90 Å². The van der Waals surface area contributed by atoms with Crippen LogP contribution in [-0.2, 0) is 4.74 Å². The standard InChI is InChI=1S/C8H17NO2/c1-6-4-7(9(2)3)5-8(10)11-6/h6-8,10H,4-5H2,1-3H3/t6-,7+,8+/m1/s1. The second kappa shape index (κ2) is 3.52. The van der Waals surface area contributed by atoms with Gasteiger partial charge in [-0.1, -0.05) is 0 Å². The van der Waals surface area contributed by atoms with Gasteiger partial charge in [0.2, 0.25) is 0 Å². The van der Waals surface area contributed by atoms with Crippen molar-refractivity contribution in [2.24, 2.45) is 0 Å². The first-order chi connectivity index (χ1) is 5.09. The highest BCUT2D eigenvalue weighted by Gasteiger charge is 2.26. The maximum absolute atomic E-state index is 9.25. The number of nitrogens with zero attached hydrogens (tertiary/aromatic N) is 1. The van der Waals surface area contributed by atoms with Gasteiger partial charge >= 0.3 is 0 Å². The van der Waals surface area contributed by atoms with E-state index < -0.39 is 6.29 Å². The van der Waals surface area contributed by atoms with Crippen molar-refractivity contribution < 1.29 is 9.84 Å². The topological polar surface area (TPSA) is 32.7 Å².